The Kier molecular flexibility index (Phi) is 4.59. The van der Waals surface area contributed by atoms with Crippen LogP contribution in [0.2, 0.25) is 0 Å². The van der Waals surface area contributed by atoms with Crippen LogP contribution in [0.1, 0.15) is 32.6 Å². The number of hydrogen-bond donors (Lipinski definition) is 1. The van der Waals surface area contributed by atoms with Gasteiger partial charge in [0.25, 0.3) is 10.0 Å². The highest BCUT2D eigenvalue weighted by Crippen LogP contribution is 2.27. The van der Waals surface area contributed by atoms with E-state index >= 15 is 0 Å². The van der Waals surface area contributed by atoms with Crippen LogP contribution in [0.5, 0.6) is 0 Å². The number of aromatic nitrogens is 2. The van der Waals surface area contributed by atoms with Crippen LogP contribution in [0, 0.1) is 0 Å². The fourth-order valence-electron chi connectivity index (χ4n) is 2.56. The molecule has 1 aliphatic carbocycles. The van der Waals surface area contributed by atoms with E-state index in [-0.39, 0.29) is 24.2 Å². The Morgan fingerprint density at radius 1 is 1.47 bits per heavy atom. The molecule has 0 unspecified atom stereocenters. The molecule has 1 aliphatic rings. The molecule has 0 spiro atoms. The Labute approximate surface area is 114 Å². The Morgan fingerprint density at radius 2 is 2.16 bits per heavy atom. The number of rotatable bonds is 6. The lowest BCUT2D eigenvalue weighted by atomic mass is 10.2. The molecule has 108 valence electrons. The average molecular weight is 287 g/mol. The van der Waals surface area contributed by atoms with Gasteiger partial charge >= 0.3 is 0 Å². The third-order valence-electron chi connectivity index (χ3n) is 3.60. The monoisotopic (exact) mass is 287 g/mol. The van der Waals surface area contributed by atoms with Gasteiger partial charge in [0.2, 0.25) is 0 Å². The largest absolute Gasteiger partial charge is 0.395 e. The van der Waals surface area contributed by atoms with Gasteiger partial charge in [-0.3, -0.25) is 0 Å². The maximum Gasteiger partial charge on any atom is 0.262 e. The van der Waals surface area contributed by atoms with Crippen LogP contribution in [0.15, 0.2) is 17.6 Å². The third kappa shape index (κ3) is 2.98. The van der Waals surface area contributed by atoms with Crippen molar-refractivity contribution in [1.29, 1.82) is 0 Å². The van der Waals surface area contributed by atoms with E-state index in [0.29, 0.717) is 6.54 Å². The van der Waals surface area contributed by atoms with Crippen molar-refractivity contribution >= 4 is 10.0 Å². The van der Waals surface area contributed by atoms with Crippen LogP contribution < -0.4 is 0 Å². The second-order valence-electron chi connectivity index (χ2n) is 4.82. The summed E-state index contributed by atoms with van der Waals surface area (Å²) < 4.78 is 28.3. The van der Waals surface area contributed by atoms with Gasteiger partial charge in [-0.15, -0.1) is 0 Å². The van der Waals surface area contributed by atoms with Gasteiger partial charge < -0.3 is 9.67 Å². The number of hydrogen-bond acceptors (Lipinski definition) is 4. The molecule has 7 heteroatoms. The first-order chi connectivity index (χ1) is 9.09. The molecular formula is C12H21N3O3S. The number of sulfonamides is 1. The van der Waals surface area contributed by atoms with Crippen molar-refractivity contribution < 1.29 is 13.5 Å². The molecular weight excluding hydrogens is 266 g/mol. The Bertz CT molecular complexity index is 506. The first-order valence-electron chi connectivity index (χ1n) is 6.74. The molecule has 1 aromatic rings. The lowest BCUT2D eigenvalue weighted by molar-refractivity contribution is 0.226. The molecule has 0 atom stereocenters. The van der Waals surface area contributed by atoms with Crippen molar-refractivity contribution in [2.45, 2.75) is 50.2 Å². The summed E-state index contributed by atoms with van der Waals surface area (Å²) in [6.45, 7) is 2.60. The molecule has 1 N–H and O–H groups in total. The van der Waals surface area contributed by atoms with E-state index in [9.17, 15) is 8.42 Å². The minimum absolute atomic E-state index is 0.00364. The summed E-state index contributed by atoms with van der Waals surface area (Å²) in [5.41, 5.74) is 0. The van der Waals surface area contributed by atoms with Gasteiger partial charge in [-0.05, 0) is 19.8 Å². The smallest absolute Gasteiger partial charge is 0.262 e. The van der Waals surface area contributed by atoms with Crippen LogP contribution in [-0.4, -0.2) is 46.6 Å². The first-order valence-corrected chi connectivity index (χ1v) is 8.18. The Hall–Kier alpha value is -0.920. The topological polar surface area (TPSA) is 75.4 Å². The summed E-state index contributed by atoms with van der Waals surface area (Å²) in [6, 6.07) is 0.00364. The van der Waals surface area contributed by atoms with Crippen molar-refractivity contribution in [3.05, 3.63) is 12.5 Å². The van der Waals surface area contributed by atoms with Crippen molar-refractivity contribution in [1.82, 2.24) is 13.9 Å². The summed E-state index contributed by atoms with van der Waals surface area (Å²) in [5.74, 6) is 0. The second-order valence-corrected chi connectivity index (χ2v) is 6.66. The predicted octanol–water partition coefficient (Wildman–Crippen LogP) is 0.829. The summed E-state index contributed by atoms with van der Waals surface area (Å²) in [7, 11) is -3.59. The molecule has 2 rings (SSSR count). The van der Waals surface area contributed by atoms with Crippen LogP contribution in [0.3, 0.4) is 0 Å². The molecule has 1 fully saturated rings. The van der Waals surface area contributed by atoms with Gasteiger partial charge in [-0.2, -0.15) is 4.31 Å². The minimum atomic E-state index is -3.59. The van der Waals surface area contributed by atoms with Crippen LogP contribution >= 0.6 is 0 Å². The van der Waals surface area contributed by atoms with Crippen LogP contribution in [0.4, 0.5) is 0 Å². The quantitative estimate of drug-likeness (QED) is 0.841. The van der Waals surface area contributed by atoms with Gasteiger partial charge in [0.15, 0.2) is 5.03 Å². The van der Waals surface area contributed by atoms with E-state index in [4.69, 9.17) is 5.11 Å². The van der Waals surface area contributed by atoms with Crippen LogP contribution in [-0.2, 0) is 16.6 Å². The van der Waals surface area contributed by atoms with E-state index < -0.39 is 10.0 Å². The van der Waals surface area contributed by atoms with E-state index in [1.807, 2.05) is 6.92 Å². The van der Waals surface area contributed by atoms with Gasteiger partial charge in [0.05, 0.1) is 12.9 Å². The zero-order valence-corrected chi connectivity index (χ0v) is 12.0. The van der Waals surface area contributed by atoms with Gasteiger partial charge in [0.1, 0.15) is 0 Å². The molecule has 0 aliphatic heterocycles. The van der Waals surface area contributed by atoms with Crippen molar-refractivity contribution in [3.63, 3.8) is 0 Å². The third-order valence-corrected chi connectivity index (χ3v) is 5.44. The standard InChI is InChI=1S/C12H21N3O3S/c1-2-14-9-12(13-10-14)19(17,18)15(7-8-16)11-5-3-4-6-11/h9-11,16H,2-8H2,1H3. The molecule has 1 aromatic heterocycles. The molecule has 0 radical (unpaired) electrons. The number of aliphatic hydroxyl groups excluding tert-OH is 1. The summed E-state index contributed by atoms with van der Waals surface area (Å²) in [4.78, 5) is 3.98. The zero-order chi connectivity index (χ0) is 13.9. The molecule has 19 heavy (non-hydrogen) atoms. The number of aliphatic hydroxyl groups is 1. The fraction of sp³-hybridized carbons (Fsp3) is 0.750. The van der Waals surface area contributed by atoms with Crippen LogP contribution in [0.25, 0.3) is 0 Å². The van der Waals surface area contributed by atoms with E-state index in [1.54, 1.807) is 10.8 Å². The second kappa shape index (κ2) is 6.02. The number of imidazole rings is 1. The maximum atomic E-state index is 12.6. The molecule has 6 nitrogen and oxygen atoms in total. The van der Waals surface area contributed by atoms with Crippen molar-refractivity contribution in [2.75, 3.05) is 13.2 Å². The minimum Gasteiger partial charge on any atom is -0.395 e. The number of aryl methyl sites for hydroxylation is 1. The lowest BCUT2D eigenvalue weighted by Gasteiger charge is -2.26. The molecule has 1 heterocycles. The zero-order valence-electron chi connectivity index (χ0n) is 11.2. The van der Waals surface area contributed by atoms with Crippen molar-refractivity contribution in [3.8, 4) is 0 Å². The molecule has 0 amide bonds. The lowest BCUT2D eigenvalue weighted by Crippen LogP contribution is -2.40. The highest BCUT2D eigenvalue weighted by molar-refractivity contribution is 7.89. The maximum absolute atomic E-state index is 12.6. The van der Waals surface area contributed by atoms with Gasteiger partial charge in [-0.25, -0.2) is 13.4 Å². The highest BCUT2D eigenvalue weighted by Gasteiger charge is 2.34. The van der Waals surface area contributed by atoms with Gasteiger partial charge in [-0.1, -0.05) is 12.8 Å². The van der Waals surface area contributed by atoms with E-state index in [0.717, 1.165) is 25.7 Å². The fourth-order valence-corrected chi connectivity index (χ4v) is 4.17. The van der Waals surface area contributed by atoms with E-state index in [1.165, 1.54) is 10.6 Å². The summed E-state index contributed by atoms with van der Waals surface area (Å²) in [6.07, 6.45) is 6.91. The first kappa shape index (κ1) is 14.5. The predicted molar refractivity (Wildman–Crippen MR) is 71.1 cm³/mol. The normalized spacial score (nSPS) is 17.4. The average Bonchev–Trinajstić information content (AvgIpc) is 3.06. The SMILES string of the molecule is CCn1cnc(S(=O)(=O)N(CCO)C2CCCC2)c1. The van der Waals surface area contributed by atoms with E-state index in [2.05, 4.69) is 4.98 Å². The molecule has 1 saturated carbocycles. The molecule has 0 saturated heterocycles. The van der Waals surface area contributed by atoms with Crippen molar-refractivity contribution in [2.24, 2.45) is 0 Å². The summed E-state index contributed by atoms with van der Waals surface area (Å²) in [5, 5.41) is 9.21. The number of nitrogens with zero attached hydrogens (tertiary/aromatic N) is 3. The Morgan fingerprint density at radius 3 is 2.68 bits per heavy atom. The molecule has 0 aromatic carbocycles. The van der Waals surface area contributed by atoms with Gasteiger partial charge in [0, 0.05) is 25.3 Å². The highest BCUT2D eigenvalue weighted by atomic mass is 32.2. The molecule has 0 bridgehead atoms. The summed E-state index contributed by atoms with van der Waals surface area (Å²) >= 11 is 0. The Balaban J connectivity index is 2.27.